The molecule has 2 N–H and O–H groups in total. The van der Waals surface area contributed by atoms with Gasteiger partial charge in [-0.05, 0) is 34.9 Å². The van der Waals surface area contributed by atoms with E-state index in [9.17, 15) is 0 Å². The predicted octanol–water partition coefficient (Wildman–Crippen LogP) is 4.07. The maximum Gasteiger partial charge on any atom is 0.200 e. The van der Waals surface area contributed by atoms with Crippen LogP contribution in [0.25, 0.3) is 12.2 Å². The third kappa shape index (κ3) is 4.22. The van der Waals surface area contributed by atoms with Crippen molar-refractivity contribution in [1.82, 2.24) is 4.90 Å². The average Bonchev–Trinajstić information content (AvgIpc) is 2.65. The molecule has 132 valence electrons. The highest BCUT2D eigenvalue weighted by molar-refractivity contribution is 5.82. The molecular weight excluding hydrogens is 322 g/mol. The van der Waals surface area contributed by atoms with Crippen LogP contribution < -0.4 is 10.5 Å². The molecule has 0 aromatic heterocycles. The number of nitrogens with zero attached hydrogens (tertiary/aromatic N) is 2. The SMILES string of the molecule is C=C1C=C(Cc2cccc(/C=C/c3ccc(OC)cc3)c2)N=C(N)N1C. The number of hydrogen-bond acceptors (Lipinski definition) is 4. The summed E-state index contributed by atoms with van der Waals surface area (Å²) in [7, 11) is 3.53. The van der Waals surface area contributed by atoms with Crippen LogP contribution in [0, 0.1) is 0 Å². The van der Waals surface area contributed by atoms with Gasteiger partial charge in [0.1, 0.15) is 5.75 Å². The number of rotatable bonds is 5. The molecule has 0 radical (unpaired) electrons. The van der Waals surface area contributed by atoms with E-state index in [1.807, 2.05) is 37.4 Å². The first kappa shape index (κ1) is 17.5. The molecule has 3 rings (SSSR count). The lowest BCUT2D eigenvalue weighted by atomic mass is 10.0. The molecule has 0 bridgehead atoms. The van der Waals surface area contributed by atoms with E-state index in [0.717, 1.165) is 34.7 Å². The van der Waals surface area contributed by atoms with E-state index in [-0.39, 0.29) is 0 Å². The fourth-order valence-corrected chi connectivity index (χ4v) is 2.70. The van der Waals surface area contributed by atoms with Gasteiger partial charge in [-0.1, -0.05) is 55.1 Å². The molecule has 0 spiro atoms. The fourth-order valence-electron chi connectivity index (χ4n) is 2.70. The zero-order valence-corrected chi connectivity index (χ0v) is 15.1. The molecule has 1 aliphatic rings. The van der Waals surface area contributed by atoms with Gasteiger partial charge in [0.2, 0.25) is 0 Å². The number of hydrogen-bond donors (Lipinski definition) is 1. The minimum atomic E-state index is 0.475. The van der Waals surface area contributed by atoms with Gasteiger partial charge in [-0.2, -0.15) is 0 Å². The summed E-state index contributed by atoms with van der Waals surface area (Å²) < 4.78 is 5.18. The first-order valence-corrected chi connectivity index (χ1v) is 8.43. The molecule has 26 heavy (non-hydrogen) atoms. The maximum atomic E-state index is 5.93. The topological polar surface area (TPSA) is 50.9 Å². The van der Waals surface area contributed by atoms with E-state index in [1.165, 1.54) is 5.56 Å². The molecular formula is C22H23N3O. The van der Waals surface area contributed by atoms with E-state index < -0.39 is 0 Å². The monoisotopic (exact) mass is 345 g/mol. The van der Waals surface area contributed by atoms with Crippen LogP contribution in [0.3, 0.4) is 0 Å². The summed E-state index contributed by atoms with van der Waals surface area (Å²) in [4.78, 5) is 6.21. The Bertz CT molecular complexity index is 892. The Labute approximate surface area is 154 Å². The van der Waals surface area contributed by atoms with Gasteiger partial charge in [0.05, 0.1) is 12.8 Å². The van der Waals surface area contributed by atoms with Gasteiger partial charge in [0, 0.05) is 19.2 Å². The number of benzene rings is 2. The molecule has 0 aliphatic carbocycles. The van der Waals surface area contributed by atoms with Gasteiger partial charge < -0.3 is 15.4 Å². The highest BCUT2D eigenvalue weighted by atomic mass is 16.5. The molecule has 2 aromatic carbocycles. The molecule has 0 atom stereocenters. The quantitative estimate of drug-likeness (QED) is 0.831. The third-order valence-electron chi connectivity index (χ3n) is 4.29. The first-order valence-electron chi connectivity index (χ1n) is 8.43. The van der Waals surface area contributed by atoms with E-state index >= 15 is 0 Å². The van der Waals surface area contributed by atoms with Crippen molar-refractivity contribution in [3.05, 3.63) is 89.3 Å². The minimum Gasteiger partial charge on any atom is -0.497 e. The maximum absolute atomic E-state index is 5.93. The second-order valence-electron chi connectivity index (χ2n) is 6.18. The Balaban J connectivity index is 1.73. The Hall–Kier alpha value is -3.27. The van der Waals surface area contributed by atoms with Crippen LogP contribution >= 0.6 is 0 Å². The van der Waals surface area contributed by atoms with Crippen molar-refractivity contribution in [3.8, 4) is 5.75 Å². The molecule has 1 aliphatic heterocycles. The van der Waals surface area contributed by atoms with Gasteiger partial charge in [-0.15, -0.1) is 0 Å². The molecule has 0 unspecified atom stereocenters. The van der Waals surface area contributed by atoms with Crippen molar-refractivity contribution in [2.75, 3.05) is 14.2 Å². The van der Waals surface area contributed by atoms with Gasteiger partial charge in [-0.25, -0.2) is 4.99 Å². The summed E-state index contributed by atoms with van der Waals surface area (Å²) in [6.45, 7) is 4.00. The second kappa shape index (κ2) is 7.74. The number of nitrogens with two attached hydrogens (primary N) is 1. The molecule has 0 fully saturated rings. The van der Waals surface area contributed by atoms with Crippen LogP contribution in [0.2, 0.25) is 0 Å². The Morgan fingerprint density at radius 1 is 1.12 bits per heavy atom. The summed E-state index contributed by atoms with van der Waals surface area (Å²) in [6.07, 6.45) is 6.88. The summed E-state index contributed by atoms with van der Waals surface area (Å²) >= 11 is 0. The van der Waals surface area contributed by atoms with Crippen LogP contribution in [-0.4, -0.2) is 25.0 Å². The van der Waals surface area contributed by atoms with Crippen molar-refractivity contribution in [1.29, 1.82) is 0 Å². The van der Waals surface area contributed by atoms with E-state index in [4.69, 9.17) is 10.5 Å². The highest BCUT2D eigenvalue weighted by Crippen LogP contribution is 2.19. The van der Waals surface area contributed by atoms with Gasteiger partial charge in [0.15, 0.2) is 5.96 Å². The first-order chi connectivity index (χ1) is 12.5. The fraction of sp³-hybridized carbons (Fsp3) is 0.136. The van der Waals surface area contributed by atoms with Crippen molar-refractivity contribution in [2.45, 2.75) is 6.42 Å². The second-order valence-corrected chi connectivity index (χ2v) is 6.18. The summed E-state index contributed by atoms with van der Waals surface area (Å²) in [5.74, 6) is 1.33. The predicted molar refractivity (Wildman–Crippen MR) is 109 cm³/mol. The van der Waals surface area contributed by atoms with E-state index in [2.05, 4.69) is 48.0 Å². The van der Waals surface area contributed by atoms with Crippen LogP contribution in [-0.2, 0) is 6.42 Å². The van der Waals surface area contributed by atoms with Gasteiger partial charge in [-0.3, -0.25) is 0 Å². The lowest BCUT2D eigenvalue weighted by molar-refractivity contribution is 0.415. The largest absolute Gasteiger partial charge is 0.497 e. The molecule has 4 nitrogen and oxygen atoms in total. The number of guanidine groups is 1. The number of likely N-dealkylation sites (N-methyl/N-ethyl adjacent to an activating group) is 1. The third-order valence-corrected chi connectivity index (χ3v) is 4.29. The number of aliphatic imine (C=N–C) groups is 1. The molecule has 1 heterocycles. The Kier molecular flexibility index (Phi) is 5.23. The standard InChI is InChI=1S/C22H23N3O/c1-16-13-20(24-22(23)25(16)2)15-19-6-4-5-18(14-19)8-7-17-9-11-21(26-3)12-10-17/h4-14H,1,15H2,2-3H3,(H2,23,24)/b8-7+. The Morgan fingerprint density at radius 3 is 2.54 bits per heavy atom. The summed E-state index contributed by atoms with van der Waals surface area (Å²) in [5.41, 5.74) is 11.1. The molecule has 4 heteroatoms. The molecule has 0 amide bonds. The zero-order valence-electron chi connectivity index (χ0n) is 15.1. The van der Waals surface area contributed by atoms with E-state index in [1.54, 1.807) is 12.0 Å². The average molecular weight is 345 g/mol. The van der Waals surface area contributed by atoms with E-state index in [0.29, 0.717) is 5.96 Å². The summed E-state index contributed by atoms with van der Waals surface area (Å²) in [6, 6.07) is 16.4. The Morgan fingerprint density at radius 2 is 1.85 bits per heavy atom. The zero-order chi connectivity index (χ0) is 18.5. The van der Waals surface area contributed by atoms with Crippen molar-refractivity contribution >= 4 is 18.1 Å². The van der Waals surface area contributed by atoms with Gasteiger partial charge in [0.25, 0.3) is 0 Å². The number of methoxy groups -OCH3 is 1. The number of ether oxygens (including phenoxy) is 1. The molecule has 2 aromatic rings. The van der Waals surface area contributed by atoms with Crippen molar-refractivity contribution in [3.63, 3.8) is 0 Å². The van der Waals surface area contributed by atoms with Crippen molar-refractivity contribution in [2.24, 2.45) is 10.7 Å². The van der Waals surface area contributed by atoms with Gasteiger partial charge >= 0.3 is 0 Å². The molecule has 0 saturated carbocycles. The molecule has 0 saturated heterocycles. The smallest absolute Gasteiger partial charge is 0.200 e. The lowest BCUT2D eigenvalue weighted by Gasteiger charge is -2.23. The van der Waals surface area contributed by atoms with Crippen LogP contribution in [0.15, 0.2) is 77.6 Å². The van der Waals surface area contributed by atoms with Crippen LogP contribution in [0.1, 0.15) is 16.7 Å². The van der Waals surface area contributed by atoms with Crippen LogP contribution in [0.4, 0.5) is 0 Å². The normalized spacial score (nSPS) is 14.4. The number of allylic oxidation sites excluding steroid dienone is 2. The van der Waals surface area contributed by atoms with Crippen LogP contribution in [0.5, 0.6) is 5.75 Å². The summed E-state index contributed by atoms with van der Waals surface area (Å²) in [5, 5.41) is 0. The minimum absolute atomic E-state index is 0.475. The highest BCUT2D eigenvalue weighted by Gasteiger charge is 2.12. The lowest BCUT2D eigenvalue weighted by Crippen LogP contribution is -2.34. The van der Waals surface area contributed by atoms with Crippen molar-refractivity contribution < 1.29 is 4.74 Å².